The highest BCUT2D eigenvalue weighted by Crippen LogP contribution is 2.16. The van der Waals surface area contributed by atoms with Crippen molar-refractivity contribution in [2.75, 3.05) is 13.6 Å². The van der Waals surface area contributed by atoms with Gasteiger partial charge in [-0.3, -0.25) is 14.5 Å². The number of rotatable bonds is 5. The lowest BCUT2D eigenvalue weighted by Gasteiger charge is -2.17. The predicted molar refractivity (Wildman–Crippen MR) is 80.4 cm³/mol. The zero-order valence-electron chi connectivity index (χ0n) is 12.4. The lowest BCUT2D eigenvalue weighted by molar-refractivity contribution is -0.141. The Morgan fingerprint density at radius 3 is 2.59 bits per heavy atom. The van der Waals surface area contributed by atoms with Gasteiger partial charge >= 0.3 is 5.97 Å². The first kappa shape index (κ1) is 16.3. The molecule has 7 heteroatoms. The molecule has 0 aliphatic carbocycles. The summed E-state index contributed by atoms with van der Waals surface area (Å²) in [5, 5.41) is 21.1. The minimum atomic E-state index is -0.882. The Labute approximate surface area is 128 Å². The van der Waals surface area contributed by atoms with Gasteiger partial charge in [0.1, 0.15) is 11.8 Å². The van der Waals surface area contributed by atoms with E-state index in [0.29, 0.717) is 19.4 Å². The van der Waals surface area contributed by atoms with E-state index >= 15 is 0 Å². The predicted octanol–water partition coefficient (Wildman–Crippen LogP) is -0.464. The Kier molecular flexibility index (Phi) is 4.99. The van der Waals surface area contributed by atoms with E-state index in [4.69, 9.17) is 10.8 Å². The van der Waals surface area contributed by atoms with E-state index < -0.39 is 18.1 Å². The van der Waals surface area contributed by atoms with Crippen molar-refractivity contribution in [2.45, 2.75) is 31.0 Å². The number of likely N-dealkylation sites (N-methyl/N-ethyl adjacent to an activating group) is 1. The molecule has 1 saturated heterocycles. The zero-order chi connectivity index (χ0) is 16.3. The molecule has 1 aromatic carbocycles. The molecule has 22 heavy (non-hydrogen) atoms. The van der Waals surface area contributed by atoms with Gasteiger partial charge in [-0.25, -0.2) is 0 Å². The second kappa shape index (κ2) is 6.76. The molecule has 0 aromatic heterocycles. The van der Waals surface area contributed by atoms with Crippen molar-refractivity contribution in [1.29, 1.82) is 0 Å². The number of hydrogen-bond acceptors (Lipinski definition) is 5. The SMILES string of the molecule is CN1C[C@@H](NC(=O)[C@@H](N)Cc2ccc(O)cc2)C[C@H]1C(=O)O. The van der Waals surface area contributed by atoms with Gasteiger partial charge in [0.25, 0.3) is 0 Å². The number of aromatic hydroxyl groups is 1. The smallest absolute Gasteiger partial charge is 0.320 e. The van der Waals surface area contributed by atoms with E-state index in [0.717, 1.165) is 5.56 Å². The minimum absolute atomic E-state index is 0.162. The van der Waals surface area contributed by atoms with Crippen LogP contribution in [-0.4, -0.2) is 58.7 Å². The summed E-state index contributed by atoms with van der Waals surface area (Å²) in [5.74, 6) is -1.01. The van der Waals surface area contributed by atoms with Crippen LogP contribution in [0.4, 0.5) is 0 Å². The quantitative estimate of drug-likeness (QED) is 0.585. The van der Waals surface area contributed by atoms with Crippen LogP contribution in [0.1, 0.15) is 12.0 Å². The third kappa shape index (κ3) is 3.96. The van der Waals surface area contributed by atoms with Crippen LogP contribution in [0.3, 0.4) is 0 Å². The molecule has 0 unspecified atom stereocenters. The number of likely N-dealkylation sites (tertiary alicyclic amines) is 1. The summed E-state index contributed by atoms with van der Waals surface area (Å²) in [4.78, 5) is 24.9. The van der Waals surface area contributed by atoms with Crippen LogP contribution in [0, 0.1) is 0 Å². The van der Waals surface area contributed by atoms with Gasteiger partial charge in [-0.05, 0) is 37.6 Å². The van der Waals surface area contributed by atoms with Gasteiger partial charge in [0, 0.05) is 12.6 Å². The number of phenolic OH excluding ortho intramolecular Hbond substituents is 1. The lowest BCUT2D eigenvalue weighted by atomic mass is 10.1. The molecular weight excluding hydrogens is 286 g/mol. The van der Waals surface area contributed by atoms with E-state index in [1.54, 1.807) is 36.2 Å². The highest BCUT2D eigenvalue weighted by atomic mass is 16.4. The van der Waals surface area contributed by atoms with Gasteiger partial charge in [0.05, 0.1) is 6.04 Å². The maximum Gasteiger partial charge on any atom is 0.320 e. The van der Waals surface area contributed by atoms with Gasteiger partial charge < -0.3 is 21.3 Å². The summed E-state index contributed by atoms with van der Waals surface area (Å²) < 4.78 is 0. The first-order chi connectivity index (χ1) is 10.4. The van der Waals surface area contributed by atoms with Gasteiger partial charge in [-0.2, -0.15) is 0 Å². The molecule has 1 heterocycles. The summed E-state index contributed by atoms with van der Waals surface area (Å²) in [6.07, 6.45) is 0.737. The fraction of sp³-hybridized carbons (Fsp3) is 0.467. The van der Waals surface area contributed by atoms with Crippen molar-refractivity contribution < 1.29 is 19.8 Å². The number of benzene rings is 1. The van der Waals surface area contributed by atoms with Crippen molar-refractivity contribution >= 4 is 11.9 Å². The highest BCUT2D eigenvalue weighted by Gasteiger charge is 2.35. The highest BCUT2D eigenvalue weighted by molar-refractivity contribution is 5.82. The average Bonchev–Trinajstić information content (AvgIpc) is 2.82. The number of nitrogens with two attached hydrogens (primary N) is 1. The molecule has 120 valence electrons. The number of phenols is 1. The molecular formula is C15H21N3O4. The lowest BCUT2D eigenvalue weighted by Crippen LogP contribution is -2.47. The number of hydrogen-bond donors (Lipinski definition) is 4. The molecule has 1 amide bonds. The van der Waals surface area contributed by atoms with E-state index in [1.807, 2.05) is 0 Å². The number of nitrogens with zero attached hydrogens (tertiary/aromatic N) is 1. The molecule has 0 bridgehead atoms. The van der Waals surface area contributed by atoms with Gasteiger partial charge in [0.15, 0.2) is 0 Å². The van der Waals surface area contributed by atoms with Gasteiger partial charge in [-0.1, -0.05) is 12.1 Å². The molecule has 0 spiro atoms. The molecule has 0 radical (unpaired) electrons. The van der Waals surface area contributed by atoms with E-state index in [-0.39, 0.29) is 17.7 Å². The van der Waals surface area contributed by atoms with E-state index in [1.165, 1.54) is 0 Å². The third-order valence-corrected chi connectivity index (χ3v) is 3.91. The molecule has 1 fully saturated rings. The molecule has 1 aliphatic rings. The van der Waals surface area contributed by atoms with Crippen molar-refractivity contribution in [1.82, 2.24) is 10.2 Å². The van der Waals surface area contributed by atoms with Crippen molar-refractivity contribution in [2.24, 2.45) is 5.73 Å². The monoisotopic (exact) mass is 307 g/mol. The van der Waals surface area contributed by atoms with Gasteiger partial charge in [-0.15, -0.1) is 0 Å². The Morgan fingerprint density at radius 1 is 1.41 bits per heavy atom. The standard InChI is InChI=1S/C15H21N3O4/c1-18-8-10(7-13(18)15(21)22)17-14(20)12(16)6-9-2-4-11(19)5-3-9/h2-5,10,12-13,19H,6-8,16H2,1H3,(H,17,20)(H,21,22)/t10-,12-,13-/m0/s1. The number of nitrogens with one attached hydrogen (secondary N) is 1. The molecule has 3 atom stereocenters. The Hall–Kier alpha value is -2.12. The Balaban J connectivity index is 1.87. The molecule has 0 saturated carbocycles. The van der Waals surface area contributed by atoms with Crippen LogP contribution in [0.2, 0.25) is 0 Å². The maximum atomic E-state index is 12.1. The van der Waals surface area contributed by atoms with Crippen molar-refractivity contribution in [3.63, 3.8) is 0 Å². The molecule has 1 aromatic rings. The topological polar surface area (TPSA) is 116 Å². The minimum Gasteiger partial charge on any atom is -0.508 e. The van der Waals surface area contributed by atoms with Crippen LogP contribution < -0.4 is 11.1 Å². The molecule has 2 rings (SSSR count). The normalized spacial score (nSPS) is 23.2. The van der Waals surface area contributed by atoms with Crippen LogP contribution in [0.15, 0.2) is 24.3 Å². The molecule has 5 N–H and O–H groups in total. The summed E-state index contributed by atoms with van der Waals surface area (Å²) in [6, 6.07) is 5.03. The van der Waals surface area contributed by atoms with Crippen LogP contribution in [0.25, 0.3) is 0 Å². The van der Waals surface area contributed by atoms with Gasteiger partial charge in [0.2, 0.25) is 5.91 Å². The van der Waals surface area contributed by atoms with Crippen LogP contribution >= 0.6 is 0 Å². The number of carboxylic acid groups (broad SMARTS) is 1. The van der Waals surface area contributed by atoms with E-state index in [9.17, 15) is 14.7 Å². The third-order valence-electron chi connectivity index (χ3n) is 3.91. The summed E-state index contributed by atoms with van der Waals surface area (Å²) in [5.41, 5.74) is 6.74. The second-order valence-corrected chi connectivity index (χ2v) is 5.71. The largest absolute Gasteiger partial charge is 0.508 e. The van der Waals surface area contributed by atoms with Crippen LogP contribution in [0.5, 0.6) is 5.75 Å². The molecule has 7 nitrogen and oxygen atoms in total. The number of amides is 1. The Bertz CT molecular complexity index is 546. The number of carboxylic acids is 1. The summed E-state index contributed by atoms with van der Waals surface area (Å²) >= 11 is 0. The first-order valence-electron chi connectivity index (χ1n) is 7.13. The fourth-order valence-electron chi connectivity index (χ4n) is 2.68. The van der Waals surface area contributed by atoms with Crippen LogP contribution in [-0.2, 0) is 16.0 Å². The van der Waals surface area contributed by atoms with E-state index in [2.05, 4.69) is 5.32 Å². The number of carbonyl (C=O) groups excluding carboxylic acids is 1. The fourth-order valence-corrected chi connectivity index (χ4v) is 2.68. The second-order valence-electron chi connectivity index (χ2n) is 5.71. The maximum absolute atomic E-state index is 12.1. The summed E-state index contributed by atoms with van der Waals surface area (Å²) in [6.45, 7) is 0.495. The average molecular weight is 307 g/mol. The number of aliphatic carboxylic acids is 1. The Morgan fingerprint density at radius 2 is 2.05 bits per heavy atom. The number of carbonyl (C=O) groups is 2. The summed E-state index contributed by atoms with van der Waals surface area (Å²) in [7, 11) is 1.72. The molecule has 1 aliphatic heterocycles. The first-order valence-corrected chi connectivity index (χ1v) is 7.13. The van der Waals surface area contributed by atoms with Crippen molar-refractivity contribution in [3.05, 3.63) is 29.8 Å². The van der Waals surface area contributed by atoms with Crippen molar-refractivity contribution in [3.8, 4) is 5.75 Å². The zero-order valence-corrected chi connectivity index (χ0v) is 12.4.